The third-order valence-electron chi connectivity index (χ3n) is 4.49. The van der Waals surface area contributed by atoms with Gasteiger partial charge in [0.25, 0.3) is 11.5 Å². The highest BCUT2D eigenvalue weighted by Crippen LogP contribution is 2.12. The van der Waals surface area contributed by atoms with Crippen molar-refractivity contribution in [3.63, 3.8) is 0 Å². The predicted octanol–water partition coefficient (Wildman–Crippen LogP) is 2.24. The molecule has 2 aromatic carbocycles. The van der Waals surface area contributed by atoms with Crippen LogP contribution in [0.15, 0.2) is 57.8 Å². The minimum absolute atomic E-state index is 0.114. The molecule has 0 saturated heterocycles. The van der Waals surface area contributed by atoms with Crippen molar-refractivity contribution >= 4 is 44.8 Å². The van der Waals surface area contributed by atoms with Crippen molar-refractivity contribution in [2.45, 2.75) is 6.92 Å². The summed E-state index contributed by atoms with van der Waals surface area (Å²) in [6, 6.07) is 16.9. The number of thiazole rings is 1. The Hall–Kier alpha value is -2.99. The first kappa shape index (κ1) is 22.7. The van der Waals surface area contributed by atoms with Gasteiger partial charge in [0.2, 0.25) is 0 Å². The van der Waals surface area contributed by atoms with Crippen molar-refractivity contribution in [3.8, 4) is 11.8 Å². The highest BCUT2D eigenvalue weighted by Gasteiger charge is 2.17. The van der Waals surface area contributed by atoms with Gasteiger partial charge < -0.3 is 10.1 Å². The molecule has 0 spiro atoms. The van der Waals surface area contributed by atoms with Gasteiger partial charge in [0.1, 0.15) is 10.7 Å². The molecule has 1 heterocycles. The van der Waals surface area contributed by atoms with E-state index in [2.05, 4.69) is 21.2 Å². The van der Waals surface area contributed by atoms with Crippen LogP contribution in [-0.2, 0) is 9.53 Å². The van der Waals surface area contributed by atoms with Crippen LogP contribution in [0.1, 0.15) is 11.1 Å². The summed E-state index contributed by atoms with van der Waals surface area (Å²) in [6.07, 6.45) is 1.76. The highest BCUT2D eigenvalue weighted by molar-refractivity contribution is 9.10. The maximum Gasteiger partial charge on any atom is 0.273 e. The molecule has 0 bridgehead atoms. The molecule has 158 valence electrons. The van der Waals surface area contributed by atoms with E-state index in [1.807, 2.05) is 55.5 Å². The fourth-order valence-electron chi connectivity index (χ4n) is 2.94. The van der Waals surface area contributed by atoms with Gasteiger partial charge in [-0.1, -0.05) is 46.3 Å². The van der Waals surface area contributed by atoms with Crippen molar-refractivity contribution in [2.24, 2.45) is 0 Å². The number of amides is 1. The Morgan fingerprint density at radius 1 is 1.26 bits per heavy atom. The zero-order valence-corrected chi connectivity index (χ0v) is 19.4. The van der Waals surface area contributed by atoms with E-state index in [0.29, 0.717) is 21.5 Å². The van der Waals surface area contributed by atoms with Gasteiger partial charge in [-0.25, -0.2) is 0 Å². The number of hydrogen-bond acceptors (Lipinski definition) is 5. The molecule has 0 unspecified atom stereocenters. The number of hydrogen-bond donors (Lipinski definition) is 1. The SMILES string of the molecule is COCCNC(=O)/C(C#N)=c1\s/c(=C\c2ccc(Br)cc2)c(=O)n1-c1ccccc1C. The lowest BCUT2D eigenvalue weighted by molar-refractivity contribution is -0.115. The fourth-order valence-corrected chi connectivity index (χ4v) is 4.30. The fraction of sp³-hybridized carbons (Fsp3) is 0.174. The Morgan fingerprint density at radius 3 is 2.61 bits per heavy atom. The van der Waals surface area contributed by atoms with Gasteiger partial charge in [-0.05, 0) is 42.3 Å². The van der Waals surface area contributed by atoms with Gasteiger partial charge in [-0.15, -0.1) is 11.3 Å². The Labute approximate surface area is 191 Å². The molecule has 0 aliphatic heterocycles. The number of halogens is 1. The molecule has 0 aliphatic carbocycles. The summed E-state index contributed by atoms with van der Waals surface area (Å²) in [5.74, 6) is -0.543. The second kappa shape index (κ2) is 10.4. The minimum Gasteiger partial charge on any atom is -0.383 e. The van der Waals surface area contributed by atoms with E-state index in [4.69, 9.17) is 4.74 Å². The third kappa shape index (κ3) is 5.20. The lowest BCUT2D eigenvalue weighted by Gasteiger charge is -2.07. The van der Waals surface area contributed by atoms with Crippen molar-refractivity contribution in [3.05, 3.63) is 83.7 Å². The molecule has 0 radical (unpaired) electrons. The van der Waals surface area contributed by atoms with E-state index >= 15 is 0 Å². The number of aromatic nitrogens is 1. The summed E-state index contributed by atoms with van der Waals surface area (Å²) in [7, 11) is 1.53. The third-order valence-corrected chi connectivity index (χ3v) is 6.11. The van der Waals surface area contributed by atoms with Crippen LogP contribution < -0.4 is 20.1 Å². The van der Waals surface area contributed by atoms with Gasteiger partial charge in [0.05, 0.1) is 16.8 Å². The van der Waals surface area contributed by atoms with Crippen molar-refractivity contribution in [2.75, 3.05) is 20.3 Å². The molecule has 31 heavy (non-hydrogen) atoms. The van der Waals surface area contributed by atoms with Crippen LogP contribution >= 0.6 is 27.3 Å². The second-order valence-corrected chi connectivity index (χ2v) is 8.58. The number of nitriles is 1. The number of benzene rings is 2. The Morgan fingerprint density at radius 2 is 1.97 bits per heavy atom. The Kier molecular flexibility index (Phi) is 7.58. The molecule has 3 aromatic rings. The summed E-state index contributed by atoms with van der Waals surface area (Å²) in [5, 5.41) is 12.4. The first-order valence-electron chi connectivity index (χ1n) is 9.43. The normalized spacial score (nSPS) is 12.4. The Balaban J connectivity index is 2.30. The number of para-hydroxylation sites is 1. The molecule has 6 nitrogen and oxygen atoms in total. The van der Waals surface area contributed by atoms with Crippen LogP contribution in [-0.4, -0.2) is 30.7 Å². The number of aryl methyl sites for hydroxylation is 1. The molecule has 0 aliphatic rings. The topological polar surface area (TPSA) is 84.1 Å². The van der Waals surface area contributed by atoms with Crippen LogP contribution in [0.5, 0.6) is 0 Å². The van der Waals surface area contributed by atoms with Crippen LogP contribution in [0.3, 0.4) is 0 Å². The van der Waals surface area contributed by atoms with E-state index in [1.165, 1.54) is 11.7 Å². The van der Waals surface area contributed by atoms with Gasteiger partial charge >= 0.3 is 0 Å². The average molecular weight is 498 g/mol. The van der Waals surface area contributed by atoms with E-state index in [9.17, 15) is 14.9 Å². The van der Waals surface area contributed by atoms with Crippen molar-refractivity contribution in [1.82, 2.24) is 9.88 Å². The van der Waals surface area contributed by atoms with E-state index in [0.717, 1.165) is 26.9 Å². The lowest BCUT2D eigenvalue weighted by Crippen LogP contribution is -2.35. The standard InChI is InChI=1S/C23H20BrN3O3S/c1-15-5-3-4-6-19(15)27-22(29)20(13-16-7-9-17(24)10-8-16)31-23(27)18(14-25)21(28)26-11-12-30-2/h3-10,13H,11-12H2,1-2H3,(H,26,28)/b20-13-,23-18-. The molecule has 1 amide bonds. The smallest absolute Gasteiger partial charge is 0.273 e. The largest absolute Gasteiger partial charge is 0.383 e. The summed E-state index contributed by atoms with van der Waals surface area (Å²) in [6.45, 7) is 2.46. The van der Waals surface area contributed by atoms with Crippen LogP contribution in [0.25, 0.3) is 17.3 Å². The van der Waals surface area contributed by atoms with Crippen molar-refractivity contribution < 1.29 is 9.53 Å². The molecular weight excluding hydrogens is 478 g/mol. The van der Waals surface area contributed by atoms with Gasteiger partial charge in [-0.2, -0.15) is 5.26 Å². The maximum atomic E-state index is 13.4. The molecule has 8 heteroatoms. The summed E-state index contributed by atoms with van der Waals surface area (Å²) < 4.78 is 8.05. The Bertz CT molecular complexity index is 1320. The molecule has 0 saturated carbocycles. The first-order valence-corrected chi connectivity index (χ1v) is 11.0. The number of carbonyl (C=O) groups excluding carboxylic acids is 1. The summed E-state index contributed by atoms with van der Waals surface area (Å²) >= 11 is 4.52. The lowest BCUT2D eigenvalue weighted by atomic mass is 10.2. The zero-order valence-electron chi connectivity index (χ0n) is 17.0. The summed E-state index contributed by atoms with van der Waals surface area (Å²) in [5.41, 5.74) is 1.93. The van der Waals surface area contributed by atoms with Gasteiger partial charge in [0.15, 0.2) is 5.57 Å². The number of nitrogens with one attached hydrogen (secondary N) is 1. The first-order chi connectivity index (χ1) is 15.0. The molecule has 0 fully saturated rings. The number of carbonyl (C=O) groups is 1. The van der Waals surface area contributed by atoms with Gasteiger partial charge in [-0.3, -0.25) is 14.2 Å². The van der Waals surface area contributed by atoms with E-state index in [-0.39, 0.29) is 17.7 Å². The highest BCUT2D eigenvalue weighted by atomic mass is 79.9. The monoisotopic (exact) mass is 497 g/mol. The zero-order chi connectivity index (χ0) is 22.4. The number of ether oxygens (including phenoxy) is 1. The van der Waals surface area contributed by atoms with Crippen LogP contribution in [0.2, 0.25) is 0 Å². The maximum absolute atomic E-state index is 13.4. The predicted molar refractivity (Wildman–Crippen MR) is 126 cm³/mol. The van der Waals surface area contributed by atoms with E-state index < -0.39 is 5.91 Å². The van der Waals surface area contributed by atoms with Crippen LogP contribution in [0, 0.1) is 18.3 Å². The van der Waals surface area contributed by atoms with E-state index in [1.54, 1.807) is 12.1 Å². The summed E-state index contributed by atoms with van der Waals surface area (Å²) in [4.78, 5) is 26.1. The molecule has 1 aromatic heterocycles. The second-order valence-electron chi connectivity index (χ2n) is 6.63. The number of methoxy groups -OCH3 is 1. The average Bonchev–Trinajstić information content (AvgIpc) is 3.06. The number of rotatable bonds is 6. The van der Waals surface area contributed by atoms with Crippen LogP contribution in [0.4, 0.5) is 0 Å². The number of nitrogens with zero attached hydrogens (tertiary/aromatic N) is 2. The molecule has 1 N–H and O–H groups in total. The van der Waals surface area contributed by atoms with Crippen molar-refractivity contribution in [1.29, 1.82) is 5.26 Å². The minimum atomic E-state index is -0.543. The quantitative estimate of drug-likeness (QED) is 0.529. The van der Waals surface area contributed by atoms with Gasteiger partial charge in [0, 0.05) is 18.1 Å². The molecule has 0 atom stereocenters. The molecule has 3 rings (SSSR count). The molecular formula is C23H20BrN3O3S.